The number of amides is 1. The summed E-state index contributed by atoms with van der Waals surface area (Å²) in [7, 11) is -0.522. The number of nitrogens with zero attached hydrogens (tertiary/aromatic N) is 2. The molecule has 0 aliphatic carbocycles. The molecule has 1 fully saturated rings. The second-order valence-electron chi connectivity index (χ2n) is 7.01. The molecule has 144 valence electrons. The number of sulfonamides is 1. The van der Waals surface area contributed by atoms with Gasteiger partial charge < -0.3 is 15.0 Å². The van der Waals surface area contributed by atoms with Crippen molar-refractivity contribution in [1.82, 2.24) is 14.5 Å². The van der Waals surface area contributed by atoms with Crippen LogP contribution in [-0.4, -0.2) is 64.1 Å². The first-order valence-electron chi connectivity index (χ1n) is 9.04. The van der Waals surface area contributed by atoms with E-state index in [0.717, 1.165) is 37.1 Å². The highest BCUT2D eigenvalue weighted by Gasteiger charge is 2.30. The SMILES string of the molecule is COC(=O)N1CCc2c(cccc2S(=O)(=O)N(C)CC2CCNCC2)C1. The largest absolute Gasteiger partial charge is 0.453 e. The Kier molecular flexibility index (Phi) is 5.84. The number of methoxy groups -OCH3 is 1. The molecule has 0 atom stereocenters. The first-order chi connectivity index (χ1) is 12.4. The predicted molar refractivity (Wildman–Crippen MR) is 98.4 cm³/mol. The fourth-order valence-corrected chi connectivity index (χ4v) is 5.33. The Bertz CT molecular complexity index is 760. The Labute approximate surface area is 155 Å². The Morgan fingerprint density at radius 2 is 2.08 bits per heavy atom. The van der Waals surface area contributed by atoms with E-state index in [0.29, 0.717) is 36.9 Å². The molecule has 1 saturated heterocycles. The lowest BCUT2D eigenvalue weighted by Crippen LogP contribution is -2.39. The molecule has 0 unspecified atom stereocenters. The maximum absolute atomic E-state index is 13.2. The van der Waals surface area contributed by atoms with Crippen LogP contribution in [0.1, 0.15) is 24.0 Å². The van der Waals surface area contributed by atoms with Crippen molar-refractivity contribution in [3.63, 3.8) is 0 Å². The predicted octanol–water partition coefficient (Wildman–Crippen LogP) is 1.43. The molecule has 0 aromatic heterocycles. The minimum atomic E-state index is -3.54. The van der Waals surface area contributed by atoms with Crippen molar-refractivity contribution in [3.8, 4) is 0 Å². The highest BCUT2D eigenvalue weighted by molar-refractivity contribution is 7.89. The lowest BCUT2D eigenvalue weighted by atomic mass is 9.98. The van der Waals surface area contributed by atoms with E-state index in [1.165, 1.54) is 11.4 Å². The molecule has 1 aromatic carbocycles. The number of piperidine rings is 1. The van der Waals surface area contributed by atoms with E-state index in [2.05, 4.69) is 5.32 Å². The van der Waals surface area contributed by atoms with Crippen molar-refractivity contribution in [2.24, 2.45) is 5.92 Å². The summed E-state index contributed by atoms with van der Waals surface area (Å²) in [6.45, 7) is 3.28. The van der Waals surface area contributed by atoms with Crippen molar-refractivity contribution in [2.75, 3.05) is 40.3 Å². The molecule has 2 aliphatic rings. The highest BCUT2D eigenvalue weighted by Crippen LogP contribution is 2.28. The molecule has 0 radical (unpaired) electrons. The Morgan fingerprint density at radius 1 is 1.35 bits per heavy atom. The van der Waals surface area contributed by atoms with E-state index in [4.69, 9.17) is 4.74 Å². The van der Waals surface area contributed by atoms with E-state index in [-0.39, 0.29) is 6.09 Å². The zero-order valence-corrected chi connectivity index (χ0v) is 16.2. The quantitative estimate of drug-likeness (QED) is 0.854. The van der Waals surface area contributed by atoms with Crippen LogP contribution in [0.5, 0.6) is 0 Å². The number of rotatable bonds is 4. The zero-order chi connectivity index (χ0) is 18.7. The summed E-state index contributed by atoms with van der Waals surface area (Å²) in [4.78, 5) is 13.7. The van der Waals surface area contributed by atoms with Crippen LogP contribution in [-0.2, 0) is 27.7 Å². The third-order valence-electron chi connectivity index (χ3n) is 5.32. The van der Waals surface area contributed by atoms with Crippen molar-refractivity contribution >= 4 is 16.1 Å². The summed E-state index contributed by atoms with van der Waals surface area (Å²) in [5.41, 5.74) is 1.70. The molecule has 1 aromatic rings. The fraction of sp³-hybridized carbons (Fsp3) is 0.611. The second-order valence-corrected chi connectivity index (χ2v) is 9.03. The topological polar surface area (TPSA) is 79.0 Å². The number of benzene rings is 1. The van der Waals surface area contributed by atoms with E-state index < -0.39 is 10.0 Å². The molecule has 26 heavy (non-hydrogen) atoms. The molecule has 1 N–H and O–H groups in total. The molecule has 2 heterocycles. The van der Waals surface area contributed by atoms with Gasteiger partial charge in [-0.25, -0.2) is 17.5 Å². The smallest absolute Gasteiger partial charge is 0.409 e. The van der Waals surface area contributed by atoms with Gasteiger partial charge in [-0.05, 0) is 55.5 Å². The van der Waals surface area contributed by atoms with Gasteiger partial charge in [-0.2, -0.15) is 0 Å². The van der Waals surface area contributed by atoms with Gasteiger partial charge in [-0.3, -0.25) is 0 Å². The van der Waals surface area contributed by atoms with Crippen LogP contribution >= 0.6 is 0 Å². The number of carbonyl (C=O) groups excluding carboxylic acids is 1. The van der Waals surface area contributed by atoms with Gasteiger partial charge in [-0.15, -0.1) is 0 Å². The third kappa shape index (κ3) is 3.87. The fourth-order valence-electron chi connectivity index (χ4n) is 3.79. The number of hydrogen-bond donors (Lipinski definition) is 1. The van der Waals surface area contributed by atoms with Gasteiger partial charge in [0.15, 0.2) is 0 Å². The van der Waals surface area contributed by atoms with Crippen LogP contribution in [0, 0.1) is 5.92 Å². The molecule has 2 aliphatic heterocycles. The standard InChI is InChI=1S/C18H27N3O4S/c1-20(12-14-6-9-19-10-7-14)26(23,24)17-5-3-4-15-13-21(18(22)25-2)11-8-16(15)17/h3-5,14,19H,6-13H2,1-2H3. The van der Waals surface area contributed by atoms with Crippen molar-refractivity contribution in [2.45, 2.75) is 30.7 Å². The first-order valence-corrected chi connectivity index (χ1v) is 10.5. The van der Waals surface area contributed by atoms with Crippen LogP contribution in [0.3, 0.4) is 0 Å². The third-order valence-corrected chi connectivity index (χ3v) is 7.23. The normalized spacial score (nSPS) is 18.7. The maximum atomic E-state index is 13.2. The van der Waals surface area contributed by atoms with Crippen LogP contribution < -0.4 is 5.32 Å². The molecule has 0 saturated carbocycles. The average molecular weight is 381 g/mol. The number of carbonyl (C=O) groups is 1. The van der Waals surface area contributed by atoms with E-state index >= 15 is 0 Å². The number of nitrogens with one attached hydrogen (secondary N) is 1. The lowest BCUT2D eigenvalue weighted by molar-refractivity contribution is 0.118. The van der Waals surface area contributed by atoms with Crippen molar-refractivity contribution in [3.05, 3.63) is 29.3 Å². The summed E-state index contributed by atoms with van der Waals surface area (Å²) < 4.78 is 32.6. The van der Waals surface area contributed by atoms with Gasteiger partial charge in [-0.1, -0.05) is 12.1 Å². The van der Waals surface area contributed by atoms with Crippen molar-refractivity contribution in [1.29, 1.82) is 0 Å². The van der Waals surface area contributed by atoms with Gasteiger partial charge in [0.25, 0.3) is 0 Å². The first kappa shape index (κ1) is 19.1. The van der Waals surface area contributed by atoms with E-state index in [9.17, 15) is 13.2 Å². The molecule has 7 nitrogen and oxygen atoms in total. The van der Waals surface area contributed by atoms with E-state index in [1.54, 1.807) is 24.1 Å². The van der Waals surface area contributed by atoms with Gasteiger partial charge in [0.05, 0.1) is 12.0 Å². The molecule has 3 rings (SSSR count). The van der Waals surface area contributed by atoms with Crippen LogP contribution in [0.2, 0.25) is 0 Å². The zero-order valence-electron chi connectivity index (χ0n) is 15.4. The summed E-state index contributed by atoms with van der Waals surface area (Å²) in [6.07, 6.45) is 2.13. The maximum Gasteiger partial charge on any atom is 0.409 e. The minimum absolute atomic E-state index is 0.371. The van der Waals surface area contributed by atoms with Gasteiger partial charge >= 0.3 is 6.09 Å². The Hall–Kier alpha value is -1.64. The summed E-state index contributed by atoms with van der Waals surface area (Å²) in [5, 5.41) is 3.31. The summed E-state index contributed by atoms with van der Waals surface area (Å²) >= 11 is 0. The minimum Gasteiger partial charge on any atom is -0.453 e. The van der Waals surface area contributed by atoms with Gasteiger partial charge in [0.2, 0.25) is 10.0 Å². The number of fused-ring (bicyclic) bond motifs is 1. The molecule has 1 amide bonds. The average Bonchev–Trinajstić information content (AvgIpc) is 2.67. The summed E-state index contributed by atoms with van der Waals surface area (Å²) in [6, 6.07) is 5.32. The highest BCUT2D eigenvalue weighted by atomic mass is 32.2. The number of ether oxygens (including phenoxy) is 1. The van der Waals surface area contributed by atoms with Gasteiger partial charge in [0, 0.05) is 26.7 Å². The monoisotopic (exact) mass is 381 g/mol. The van der Waals surface area contributed by atoms with Crippen LogP contribution in [0.4, 0.5) is 4.79 Å². The molecule has 8 heteroatoms. The molecule has 0 spiro atoms. The van der Waals surface area contributed by atoms with Crippen molar-refractivity contribution < 1.29 is 17.9 Å². The molecular formula is C18H27N3O4S. The molecule has 0 bridgehead atoms. The van der Waals surface area contributed by atoms with E-state index in [1.807, 2.05) is 6.07 Å². The van der Waals surface area contributed by atoms with Crippen LogP contribution in [0.25, 0.3) is 0 Å². The Morgan fingerprint density at radius 3 is 2.77 bits per heavy atom. The number of hydrogen-bond acceptors (Lipinski definition) is 5. The second kappa shape index (κ2) is 7.94. The van der Waals surface area contributed by atoms with Crippen LogP contribution in [0.15, 0.2) is 23.1 Å². The lowest BCUT2D eigenvalue weighted by Gasteiger charge is -2.31. The molecular weight excluding hydrogens is 354 g/mol. The Balaban J connectivity index is 1.81. The summed E-state index contributed by atoms with van der Waals surface area (Å²) in [5.74, 6) is 0.394. The van der Waals surface area contributed by atoms with Gasteiger partial charge in [0.1, 0.15) is 0 Å².